The first kappa shape index (κ1) is 14.7. The fraction of sp³-hybridized carbons (Fsp3) is 0.400. The highest BCUT2D eigenvalue weighted by Gasteiger charge is 2.09. The lowest BCUT2D eigenvalue weighted by atomic mass is 10.1. The molecule has 0 fully saturated rings. The van der Waals surface area contributed by atoms with Gasteiger partial charge in [-0.2, -0.15) is 0 Å². The molecule has 0 saturated heterocycles. The van der Waals surface area contributed by atoms with Crippen molar-refractivity contribution in [3.05, 3.63) is 46.2 Å². The van der Waals surface area contributed by atoms with Crippen molar-refractivity contribution in [2.45, 2.75) is 6.54 Å². The van der Waals surface area contributed by atoms with Crippen LogP contribution in [-0.4, -0.2) is 48.4 Å². The van der Waals surface area contributed by atoms with Crippen LogP contribution in [0.3, 0.4) is 0 Å². The maximum absolute atomic E-state index is 12.1. The standard InChI is InChI=1S/C15H20N2O3/c1-20-9-7-17(6-8-18)11-13-10-12-4-2-3-5-14(12)16-15(13)19/h2-5,10,18H,6-9,11H2,1H3,(H,16,19). The van der Waals surface area contributed by atoms with Gasteiger partial charge in [0.2, 0.25) is 0 Å². The molecule has 5 heteroatoms. The number of ether oxygens (including phenoxy) is 1. The minimum atomic E-state index is -0.0796. The first-order valence-corrected chi connectivity index (χ1v) is 6.67. The minimum Gasteiger partial charge on any atom is -0.395 e. The van der Waals surface area contributed by atoms with Gasteiger partial charge in [-0.15, -0.1) is 0 Å². The predicted octanol–water partition coefficient (Wildman–Crippen LogP) is 0.969. The van der Waals surface area contributed by atoms with Crippen LogP contribution >= 0.6 is 0 Å². The summed E-state index contributed by atoms with van der Waals surface area (Å²) in [6.45, 7) is 2.35. The van der Waals surface area contributed by atoms with Crippen molar-refractivity contribution in [2.24, 2.45) is 0 Å². The molecule has 0 saturated carbocycles. The normalized spacial score (nSPS) is 11.3. The molecule has 0 bridgehead atoms. The van der Waals surface area contributed by atoms with Crippen molar-refractivity contribution in [1.29, 1.82) is 0 Å². The summed E-state index contributed by atoms with van der Waals surface area (Å²) in [5.41, 5.74) is 1.46. The third-order valence-electron chi connectivity index (χ3n) is 3.25. The molecule has 0 atom stereocenters. The van der Waals surface area contributed by atoms with E-state index in [1.807, 2.05) is 35.2 Å². The smallest absolute Gasteiger partial charge is 0.252 e. The number of hydrogen-bond acceptors (Lipinski definition) is 4. The molecule has 1 heterocycles. The Kier molecular flexibility index (Phi) is 5.29. The molecule has 5 nitrogen and oxygen atoms in total. The van der Waals surface area contributed by atoms with Crippen molar-refractivity contribution >= 4 is 10.9 Å². The Morgan fingerprint density at radius 2 is 2.10 bits per heavy atom. The van der Waals surface area contributed by atoms with Gasteiger partial charge in [-0.1, -0.05) is 18.2 Å². The minimum absolute atomic E-state index is 0.0647. The predicted molar refractivity (Wildman–Crippen MR) is 78.8 cm³/mol. The molecule has 20 heavy (non-hydrogen) atoms. The van der Waals surface area contributed by atoms with Crippen LogP contribution in [0.2, 0.25) is 0 Å². The summed E-state index contributed by atoms with van der Waals surface area (Å²) < 4.78 is 5.05. The van der Waals surface area contributed by atoms with Crippen LogP contribution in [0.5, 0.6) is 0 Å². The molecule has 2 rings (SSSR count). The third-order valence-corrected chi connectivity index (χ3v) is 3.25. The number of aliphatic hydroxyl groups excluding tert-OH is 1. The first-order chi connectivity index (χ1) is 9.74. The Labute approximate surface area is 117 Å². The number of fused-ring (bicyclic) bond motifs is 1. The maximum atomic E-state index is 12.1. The van der Waals surface area contributed by atoms with Crippen LogP contribution in [0, 0.1) is 0 Å². The zero-order chi connectivity index (χ0) is 14.4. The lowest BCUT2D eigenvalue weighted by Gasteiger charge is -2.20. The number of nitrogens with one attached hydrogen (secondary N) is 1. The highest BCUT2D eigenvalue weighted by Crippen LogP contribution is 2.11. The molecular formula is C15H20N2O3. The summed E-state index contributed by atoms with van der Waals surface area (Å²) in [5.74, 6) is 0. The van der Waals surface area contributed by atoms with Crippen LogP contribution in [0.4, 0.5) is 0 Å². The number of H-pyrrole nitrogens is 1. The van der Waals surface area contributed by atoms with Gasteiger partial charge in [0.1, 0.15) is 0 Å². The SMILES string of the molecule is COCCN(CCO)Cc1cc2ccccc2[nH]c1=O. The van der Waals surface area contributed by atoms with Crippen molar-refractivity contribution in [2.75, 3.05) is 33.4 Å². The Hall–Kier alpha value is -1.69. The topological polar surface area (TPSA) is 65.6 Å². The van der Waals surface area contributed by atoms with E-state index in [2.05, 4.69) is 4.98 Å². The van der Waals surface area contributed by atoms with Gasteiger partial charge >= 0.3 is 0 Å². The quantitative estimate of drug-likeness (QED) is 0.791. The van der Waals surface area contributed by atoms with E-state index < -0.39 is 0 Å². The molecular weight excluding hydrogens is 256 g/mol. The molecule has 0 amide bonds. The van der Waals surface area contributed by atoms with E-state index in [9.17, 15) is 4.79 Å². The molecule has 0 radical (unpaired) electrons. The molecule has 1 aromatic carbocycles. The largest absolute Gasteiger partial charge is 0.395 e. The van der Waals surface area contributed by atoms with Gasteiger partial charge in [0.25, 0.3) is 5.56 Å². The van der Waals surface area contributed by atoms with Gasteiger partial charge in [0.05, 0.1) is 13.2 Å². The van der Waals surface area contributed by atoms with Crippen molar-refractivity contribution < 1.29 is 9.84 Å². The molecule has 0 aliphatic heterocycles. The Morgan fingerprint density at radius 1 is 1.30 bits per heavy atom. The third kappa shape index (κ3) is 3.66. The van der Waals surface area contributed by atoms with Crippen LogP contribution in [0.25, 0.3) is 10.9 Å². The number of methoxy groups -OCH3 is 1. The fourth-order valence-electron chi connectivity index (χ4n) is 2.18. The Balaban J connectivity index is 2.22. The summed E-state index contributed by atoms with van der Waals surface area (Å²) in [5, 5.41) is 10.1. The number of aliphatic hydroxyl groups is 1. The van der Waals surface area contributed by atoms with E-state index >= 15 is 0 Å². The lowest BCUT2D eigenvalue weighted by molar-refractivity contribution is 0.126. The van der Waals surface area contributed by atoms with Gasteiger partial charge in [0, 0.05) is 37.8 Å². The van der Waals surface area contributed by atoms with Crippen molar-refractivity contribution in [3.8, 4) is 0 Å². The van der Waals surface area contributed by atoms with E-state index in [4.69, 9.17) is 9.84 Å². The van der Waals surface area contributed by atoms with Crippen molar-refractivity contribution in [1.82, 2.24) is 9.88 Å². The molecule has 0 spiro atoms. The summed E-state index contributed by atoms with van der Waals surface area (Å²) in [7, 11) is 1.64. The number of hydrogen-bond donors (Lipinski definition) is 2. The Bertz CT molecular complexity index is 609. The number of benzene rings is 1. The van der Waals surface area contributed by atoms with Crippen LogP contribution in [0.1, 0.15) is 5.56 Å². The van der Waals surface area contributed by atoms with E-state index in [1.165, 1.54) is 0 Å². The van der Waals surface area contributed by atoms with Gasteiger partial charge in [-0.05, 0) is 17.5 Å². The molecule has 0 unspecified atom stereocenters. The summed E-state index contributed by atoms with van der Waals surface area (Å²) >= 11 is 0. The molecule has 1 aromatic heterocycles. The van der Waals surface area contributed by atoms with Gasteiger partial charge in [-0.25, -0.2) is 0 Å². The van der Waals surface area contributed by atoms with Gasteiger partial charge in [0.15, 0.2) is 0 Å². The molecule has 2 N–H and O–H groups in total. The van der Waals surface area contributed by atoms with Gasteiger partial charge < -0.3 is 14.8 Å². The first-order valence-electron chi connectivity index (χ1n) is 6.67. The zero-order valence-electron chi connectivity index (χ0n) is 11.6. The van der Waals surface area contributed by atoms with E-state index in [0.717, 1.165) is 10.9 Å². The maximum Gasteiger partial charge on any atom is 0.252 e. The number of aromatic nitrogens is 1. The van der Waals surface area contributed by atoms with E-state index in [1.54, 1.807) is 7.11 Å². The summed E-state index contributed by atoms with van der Waals surface area (Å²) in [6.07, 6.45) is 0. The number of aromatic amines is 1. The Morgan fingerprint density at radius 3 is 2.85 bits per heavy atom. The van der Waals surface area contributed by atoms with E-state index in [0.29, 0.717) is 31.8 Å². The van der Waals surface area contributed by atoms with Crippen LogP contribution in [0.15, 0.2) is 35.1 Å². The number of nitrogens with zero attached hydrogens (tertiary/aromatic N) is 1. The van der Waals surface area contributed by atoms with Gasteiger partial charge in [-0.3, -0.25) is 9.69 Å². The number of rotatable bonds is 7. The molecule has 108 valence electrons. The second-order valence-electron chi connectivity index (χ2n) is 4.70. The molecule has 2 aromatic rings. The van der Waals surface area contributed by atoms with Crippen LogP contribution in [-0.2, 0) is 11.3 Å². The zero-order valence-corrected chi connectivity index (χ0v) is 11.6. The summed E-state index contributed by atoms with van der Waals surface area (Å²) in [6, 6.07) is 9.61. The number of para-hydroxylation sites is 1. The fourth-order valence-corrected chi connectivity index (χ4v) is 2.18. The highest BCUT2D eigenvalue weighted by molar-refractivity contribution is 5.78. The number of pyridine rings is 1. The van der Waals surface area contributed by atoms with Crippen molar-refractivity contribution in [3.63, 3.8) is 0 Å². The van der Waals surface area contributed by atoms with Crippen LogP contribution < -0.4 is 5.56 Å². The molecule has 0 aliphatic rings. The highest BCUT2D eigenvalue weighted by atomic mass is 16.5. The summed E-state index contributed by atoms with van der Waals surface area (Å²) in [4.78, 5) is 17.0. The average Bonchev–Trinajstić information content (AvgIpc) is 2.45. The average molecular weight is 276 g/mol. The second kappa shape index (κ2) is 7.19. The second-order valence-corrected chi connectivity index (χ2v) is 4.70. The van der Waals surface area contributed by atoms with E-state index in [-0.39, 0.29) is 12.2 Å². The monoisotopic (exact) mass is 276 g/mol. The molecule has 0 aliphatic carbocycles. The lowest BCUT2D eigenvalue weighted by Crippen LogP contribution is -2.32.